The maximum Gasteiger partial charge on any atom is 0.239 e. The van der Waals surface area contributed by atoms with Gasteiger partial charge in [0, 0.05) is 12.3 Å². The molecule has 0 spiro atoms. The van der Waals surface area contributed by atoms with E-state index in [9.17, 15) is 0 Å². The van der Waals surface area contributed by atoms with Crippen LogP contribution in [0.2, 0.25) is 0 Å². The van der Waals surface area contributed by atoms with Crippen LogP contribution >= 0.6 is 15.9 Å². The van der Waals surface area contributed by atoms with Crippen molar-refractivity contribution in [1.29, 1.82) is 0 Å². The number of aryl methyl sites for hydroxylation is 1. The molecular weight excluding hydrogens is 288 g/mol. The summed E-state index contributed by atoms with van der Waals surface area (Å²) in [6.07, 6.45) is 1.61. The highest BCUT2D eigenvalue weighted by atomic mass is 79.9. The molecule has 8 heteroatoms. The normalized spacial score (nSPS) is 10.3. The van der Waals surface area contributed by atoms with Crippen LogP contribution in [0.3, 0.4) is 0 Å². The summed E-state index contributed by atoms with van der Waals surface area (Å²) >= 11 is 3.34. The third-order valence-corrected chi connectivity index (χ3v) is 2.56. The molecule has 0 saturated carbocycles. The molecule has 0 bridgehead atoms. The summed E-state index contributed by atoms with van der Waals surface area (Å²) in [5.74, 6) is 6.93. The standard InChI is InChI=1S/C9H11BrN6O/c1-5-2-6(17-16-5)3-12-8-7(10)4-13-9(14-8)15-11/h2,4H,3,11H2,1H3,(H2,12,13,14,15). The molecule has 90 valence electrons. The monoisotopic (exact) mass is 298 g/mol. The first-order valence-corrected chi connectivity index (χ1v) is 5.63. The van der Waals surface area contributed by atoms with Crippen molar-refractivity contribution in [1.82, 2.24) is 15.1 Å². The lowest BCUT2D eigenvalue weighted by Gasteiger charge is -2.06. The fraction of sp³-hybridized carbons (Fsp3) is 0.222. The smallest absolute Gasteiger partial charge is 0.239 e. The Kier molecular flexibility index (Phi) is 3.55. The van der Waals surface area contributed by atoms with Gasteiger partial charge in [-0.15, -0.1) is 0 Å². The first-order chi connectivity index (χ1) is 8.19. The molecule has 0 unspecified atom stereocenters. The molecule has 2 aromatic heterocycles. The van der Waals surface area contributed by atoms with Crippen LogP contribution in [-0.2, 0) is 6.54 Å². The number of nitrogens with zero attached hydrogens (tertiary/aromatic N) is 3. The van der Waals surface area contributed by atoms with Gasteiger partial charge in [0.2, 0.25) is 5.95 Å². The number of anilines is 2. The van der Waals surface area contributed by atoms with E-state index >= 15 is 0 Å². The van der Waals surface area contributed by atoms with Gasteiger partial charge < -0.3 is 9.84 Å². The average molecular weight is 299 g/mol. The Morgan fingerprint density at radius 1 is 1.53 bits per heavy atom. The number of nitrogens with one attached hydrogen (secondary N) is 2. The minimum absolute atomic E-state index is 0.337. The molecule has 17 heavy (non-hydrogen) atoms. The highest BCUT2D eigenvalue weighted by Crippen LogP contribution is 2.20. The number of hydrogen-bond acceptors (Lipinski definition) is 7. The molecule has 4 N–H and O–H groups in total. The van der Waals surface area contributed by atoms with Gasteiger partial charge in [-0.05, 0) is 22.9 Å². The molecule has 0 atom stereocenters. The maximum atomic E-state index is 5.23. The molecule has 2 aromatic rings. The number of hydrogen-bond donors (Lipinski definition) is 3. The summed E-state index contributed by atoms with van der Waals surface area (Å²) < 4.78 is 5.81. The van der Waals surface area contributed by atoms with Crippen molar-refractivity contribution in [3.63, 3.8) is 0 Å². The largest absolute Gasteiger partial charge is 0.362 e. The molecular formula is C9H11BrN6O. The predicted octanol–water partition coefficient (Wildman–Crippen LogP) is 1.43. The molecule has 0 aliphatic heterocycles. The molecule has 0 amide bonds. The zero-order valence-electron chi connectivity index (χ0n) is 9.07. The second kappa shape index (κ2) is 5.11. The SMILES string of the molecule is Cc1cc(CNc2nc(NN)ncc2Br)on1. The number of rotatable bonds is 4. The number of hydrazine groups is 1. The molecule has 2 heterocycles. The van der Waals surface area contributed by atoms with E-state index < -0.39 is 0 Å². The summed E-state index contributed by atoms with van der Waals surface area (Å²) in [6.45, 7) is 2.35. The van der Waals surface area contributed by atoms with Gasteiger partial charge >= 0.3 is 0 Å². The molecule has 0 aliphatic carbocycles. The van der Waals surface area contributed by atoms with E-state index in [2.05, 4.69) is 41.8 Å². The van der Waals surface area contributed by atoms with Crippen molar-refractivity contribution in [2.75, 3.05) is 10.7 Å². The predicted molar refractivity (Wildman–Crippen MR) is 66.1 cm³/mol. The Labute approximate surface area is 106 Å². The van der Waals surface area contributed by atoms with Crippen LogP contribution in [0.4, 0.5) is 11.8 Å². The minimum Gasteiger partial charge on any atom is -0.362 e. The number of halogens is 1. The summed E-state index contributed by atoms with van der Waals surface area (Å²) in [5, 5.41) is 6.88. The van der Waals surface area contributed by atoms with E-state index in [4.69, 9.17) is 10.4 Å². The maximum absolute atomic E-state index is 5.23. The Balaban J connectivity index is 2.07. The van der Waals surface area contributed by atoms with Crippen molar-refractivity contribution in [3.05, 3.63) is 28.2 Å². The average Bonchev–Trinajstić information content (AvgIpc) is 2.74. The number of nitrogen functional groups attached to an aromatic ring is 1. The minimum atomic E-state index is 0.337. The van der Waals surface area contributed by atoms with Crippen molar-refractivity contribution >= 4 is 27.7 Å². The lowest BCUT2D eigenvalue weighted by atomic mass is 10.4. The summed E-state index contributed by atoms with van der Waals surface area (Å²) in [5.41, 5.74) is 3.22. The van der Waals surface area contributed by atoms with Gasteiger partial charge in [0.05, 0.1) is 16.7 Å². The highest BCUT2D eigenvalue weighted by molar-refractivity contribution is 9.10. The molecule has 2 rings (SSSR count). The van der Waals surface area contributed by atoms with Gasteiger partial charge in [0.15, 0.2) is 5.76 Å². The van der Waals surface area contributed by atoms with Crippen LogP contribution in [0.1, 0.15) is 11.5 Å². The van der Waals surface area contributed by atoms with E-state index in [0.717, 1.165) is 15.9 Å². The third kappa shape index (κ3) is 2.92. The third-order valence-electron chi connectivity index (χ3n) is 1.98. The number of nitrogens with two attached hydrogens (primary N) is 1. The Morgan fingerprint density at radius 2 is 2.35 bits per heavy atom. The quantitative estimate of drug-likeness (QED) is 0.580. The lowest BCUT2D eigenvalue weighted by molar-refractivity contribution is 0.384. The van der Waals surface area contributed by atoms with Crippen LogP contribution in [0.15, 0.2) is 21.3 Å². The van der Waals surface area contributed by atoms with Crippen molar-refractivity contribution in [2.24, 2.45) is 5.84 Å². The summed E-state index contributed by atoms with van der Waals surface area (Å²) in [6, 6.07) is 1.85. The van der Waals surface area contributed by atoms with Gasteiger partial charge in [-0.3, -0.25) is 5.43 Å². The number of aromatic nitrogens is 3. The van der Waals surface area contributed by atoms with E-state index in [0.29, 0.717) is 18.3 Å². The van der Waals surface area contributed by atoms with Crippen molar-refractivity contribution in [3.8, 4) is 0 Å². The Morgan fingerprint density at radius 3 is 3.00 bits per heavy atom. The molecule has 0 saturated heterocycles. The molecule has 0 aromatic carbocycles. The van der Waals surface area contributed by atoms with E-state index in [1.165, 1.54) is 0 Å². The fourth-order valence-corrected chi connectivity index (χ4v) is 1.56. The van der Waals surface area contributed by atoms with Crippen LogP contribution in [-0.4, -0.2) is 15.1 Å². The molecule has 0 radical (unpaired) electrons. The second-order valence-corrected chi connectivity index (χ2v) is 4.18. The van der Waals surface area contributed by atoms with E-state index in [1.807, 2.05) is 13.0 Å². The molecule has 7 nitrogen and oxygen atoms in total. The summed E-state index contributed by atoms with van der Waals surface area (Å²) in [4.78, 5) is 8.09. The first-order valence-electron chi connectivity index (χ1n) is 4.84. The first kappa shape index (κ1) is 11.8. The van der Waals surface area contributed by atoms with E-state index in [-0.39, 0.29) is 0 Å². The van der Waals surface area contributed by atoms with Crippen LogP contribution in [0.25, 0.3) is 0 Å². The van der Waals surface area contributed by atoms with Gasteiger partial charge in [0.25, 0.3) is 0 Å². The van der Waals surface area contributed by atoms with Gasteiger partial charge in [-0.1, -0.05) is 5.16 Å². The zero-order valence-corrected chi connectivity index (χ0v) is 10.7. The highest BCUT2D eigenvalue weighted by Gasteiger charge is 2.06. The zero-order chi connectivity index (χ0) is 12.3. The van der Waals surface area contributed by atoms with Gasteiger partial charge in [-0.25, -0.2) is 10.8 Å². The summed E-state index contributed by atoms with van der Waals surface area (Å²) in [7, 11) is 0. The fourth-order valence-electron chi connectivity index (χ4n) is 1.23. The Bertz CT molecular complexity index is 514. The van der Waals surface area contributed by atoms with Gasteiger partial charge in [0.1, 0.15) is 5.82 Å². The Hall–Kier alpha value is -1.67. The van der Waals surface area contributed by atoms with Gasteiger partial charge in [-0.2, -0.15) is 4.98 Å². The van der Waals surface area contributed by atoms with E-state index in [1.54, 1.807) is 6.20 Å². The lowest BCUT2D eigenvalue weighted by Crippen LogP contribution is -2.12. The molecule has 0 fully saturated rings. The molecule has 0 aliphatic rings. The van der Waals surface area contributed by atoms with Crippen molar-refractivity contribution < 1.29 is 4.52 Å². The van der Waals surface area contributed by atoms with Crippen LogP contribution in [0.5, 0.6) is 0 Å². The van der Waals surface area contributed by atoms with Crippen molar-refractivity contribution in [2.45, 2.75) is 13.5 Å². The topological polar surface area (TPSA) is 102 Å². The second-order valence-electron chi connectivity index (χ2n) is 3.32. The van der Waals surface area contributed by atoms with Crippen LogP contribution in [0, 0.1) is 6.92 Å². The van der Waals surface area contributed by atoms with Crippen LogP contribution < -0.4 is 16.6 Å².